The van der Waals surface area contributed by atoms with Gasteiger partial charge in [-0.2, -0.15) is 4.31 Å². The topological polar surface area (TPSA) is 83.9 Å². The molecule has 0 fully saturated rings. The lowest BCUT2D eigenvalue weighted by atomic mass is 10.5. The van der Waals surface area contributed by atoms with Crippen LogP contribution in [0.5, 0.6) is 0 Å². The number of ether oxygens (including phenoxy) is 1. The molecule has 0 saturated heterocycles. The van der Waals surface area contributed by atoms with Gasteiger partial charge in [-0.15, -0.1) is 0 Å². The van der Waals surface area contributed by atoms with Crippen molar-refractivity contribution in [2.24, 2.45) is 0 Å². The average molecular weight is 253 g/mol. The molecule has 7 heteroatoms. The van der Waals surface area contributed by atoms with Crippen LogP contribution >= 0.6 is 0 Å². The molecule has 0 rings (SSSR count). The van der Waals surface area contributed by atoms with Gasteiger partial charge in [0.1, 0.15) is 0 Å². The summed E-state index contributed by atoms with van der Waals surface area (Å²) < 4.78 is 29.1. The van der Waals surface area contributed by atoms with Gasteiger partial charge in [0.05, 0.1) is 13.2 Å². The third-order valence-electron chi connectivity index (χ3n) is 1.82. The molecule has 0 aliphatic carbocycles. The second-order valence-electron chi connectivity index (χ2n) is 3.18. The Kier molecular flexibility index (Phi) is 7.27. The Hall–Kier alpha value is -0.660. The summed E-state index contributed by atoms with van der Waals surface area (Å²) in [7, 11) is -3.67. The van der Waals surface area contributed by atoms with Crippen LogP contribution in [0.25, 0.3) is 0 Å². The fraction of sp³-hybridized carbons (Fsp3) is 0.889. The second-order valence-corrected chi connectivity index (χ2v) is 5.15. The number of hydrogen-bond acceptors (Lipinski definition) is 5. The summed E-state index contributed by atoms with van der Waals surface area (Å²) in [5.74, 6) is -1.43. The molecule has 0 aromatic rings. The number of nitrogens with zero attached hydrogens (tertiary/aromatic N) is 1. The predicted molar refractivity (Wildman–Crippen MR) is 59.4 cm³/mol. The highest BCUT2D eigenvalue weighted by Gasteiger charge is 2.24. The molecular formula is C9H19NO5S. The number of rotatable bonds is 8. The highest BCUT2D eigenvalue weighted by atomic mass is 32.2. The van der Waals surface area contributed by atoms with E-state index in [-0.39, 0.29) is 19.8 Å². The maximum atomic E-state index is 11.7. The van der Waals surface area contributed by atoms with Crippen molar-refractivity contribution in [1.29, 1.82) is 0 Å². The number of carbonyl (C=O) groups is 1. The summed E-state index contributed by atoms with van der Waals surface area (Å²) in [6.45, 7) is 3.63. The first-order valence-electron chi connectivity index (χ1n) is 5.22. The molecule has 0 bridgehead atoms. The summed E-state index contributed by atoms with van der Waals surface area (Å²) >= 11 is 0. The first-order valence-corrected chi connectivity index (χ1v) is 6.83. The summed E-state index contributed by atoms with van der Waals surface area (Å²) in [5.41, 5.74) is 0. The van der Waals surface area contributed by atoms with Crippen LogP contribution in [-0.2, 0) is 19.6 Å². The number of carbonyl (C=O) groups excluding carboxylic acids is 1. The lowest BCUT2D eigenvalue weighted by Gasteiger charge is -2.19. The smallest absolute Gasteiger partial charge is 0.322 e. The van der Waals surface area contributed by atoms with Crippen molar-refractivity contribution in [3.05, 3.63) is 0 Å². The molecule has 0 aliphatic rings. The highest BCUT2D eigenvalue weighted by Crippen LogP contribution is 2.03. The number of aliphatic hydroxyl groups is 1. The van der Waals surface area contributed by atoms with Crippen molar-refractivity contribution in [3.8, 4) is 0 Å². The highest BCUT2D eigenvalue weighted by molar-refractivity contribution is 7.89. The van der Waals surface area contributed by atoms with E-state index in [1.807, 2.05) is 6.92 Å². The minimum atomic E-state index is -3.67. The Morgan fingerprint density at radius 2 is 1.94 bits per heavy atom. The zero-order valence-corrected chi connectivity index (χ0v) is 10.5. The van der Waals surface area contributed by atoms with E-state index in [0.29, 0.717) is 13.0 Å². The monoisotopic (exact) mass is 253 g/mol. The molecule has 6 nitrogen and oxygen atoms in total. The lowest BCUT2D eigenvalue weighted by molar-refractivity contribution is -0.140. The van der Waals surface area contributed by atoms with E-state index in [9.17, 15) is 13.2 Å². The van der Waals surface area contributed by atoms with Gasteiger partial charge in [-0.3, -0.25) is 4.79 Å². The standard InChI is InChI=1S/C9H19NO5S/c1-3-5-10(6-7-11)16(13,14)8-9(12)15-4-2/h11H,3-8H2,1-2H3. The fourth-order valence-electron chi connectivity index (χ4n) is 1.19. The molecule has 0 aromatic carbocycles. The maximum absolute atomic E-state index is 11.7. The average Bonchev–Trinajstić information content (AvgIpc) is 2.17. The first-order chi connectivity index (χ1) is 7.47. The zero-order chi connectivity index (χ0) is 12.6. The van der Waals surface area contributed by atoms with E-state index in [2.05, 4.69) is 4.74 Å². The number of aliphatic hydroxyl groups excluding tert-OH is 1. The number of hydrogen-bond donors (Lipinski definition) is 1. The predicted octanol–water partition coefficient (Wildman–Crippen LogP) is -0.416. The second kappa shape index (κ2) is 7.59. The summed E-state index contributed by atoms with van der Waals surface area (Å²) in [5, 5.41) is 8.74. The zero-order valence-electron chi connectivity index (χ0n) is 9.68. The van der Waals surface area contributed by atoms with Gasteiger partial charge in [0.25, 0.3) is 0 Å². The van der Waals surface area contributed by atoms with Crippen molar-refractivity contribution in [2.45, 2.75) is 20.3 Å². The Labute approximate surface area is 96.2 Å². The normalized spacial score (nSPS) is 11.8. The molecule has 1 N–H and O–H groups in total. The van der Waals surface area contributed by atoms with Gasteiger partial charge >= 0.3 is 5.97 Å². The Balaban J connectivity index is 4.52. The first kappa shape index (κ1) is 15.3. The summed E-state index contributed by atoms with van der Waals surface area (Å²) in [4.78, 5) is 11.1. The van der Waals surface area contributed by atoms with Gasteiger partial charge in [0.15, 0.2) is 5.75 Å². The molecule has 16 heavy (non-hydrogen) atoms. The molecule has 0 atom stereocenters. The van der Waals surface area contributed by atoms with Gasteiger partial charge < -0.3 is 9.84 Å². The van der Waals surface area contributed by atoms with Gasteiger partial charge in [-0.1, -0.05) is 6.92 Å². The largest absolute Gasteiger partial charge is 0.465 e. The fourth-order valence-corrected chi connectivity index (χ4v) is 2.58. The molecule has 0 radical (unpaired) electrons. The van der Waals surface area contributed by atoms with Crippen molar-refractivity contribution in [1.82, 2.24) is 4.31 Å². The van der Waals surface area contributed by atoms with Crippen molar-refractivity contribution < 1.29 is 23.1 Å². The van der Waals surface area contributed by atoms with Crippen molar-refractivity contribution in [2.75, 3.05) is 32.1 Å². The van der Waals surface area contributed by atoms with E-state index < -0.39 is 21.7 Å². The van der Waals surface area contributed by atoms with Crippen molar-refractivity contribution in [3.63, 3.8) is 0 Å². The number of sulfonamides is 1. The minimum Gasteiger partial charge on any atom is -0.465 e. The van der Waals surface area contributed by atoms with Crippen LogP contribution in [0, 0.1) is 0 Å². The molecule has 0 aromatic heterocycles. The molecule has 0 unspecified atom stereocenters. The third-order valence-corrected chi connectivity index (χ3v) is 3.57. The van der Waals surface area contributed by atoms with Gasteiger partial charge in [-0.05, 0) is 13.3 Å². The van der Waals surface area contributed by atoms with Crippen LogP contribution in [0.1, 0.15) is 20.3 Å². The van der Waals surface area contributed by atoms with E-state index in [1.165, 1.54) is 0 Å². The molecule has 0 saturated carbocycles. The van der Waals surface area contributed by atoms with Crippen LogP contribution < -0.4 is 0 Å². The van der Waals surface area contributed by atoms with Crippen LogP contribution in [-0.4, -0.2) is 55.9 Å². The molecule has 0 spiro atoms. The van der Waals surface area contributed by atoms with Crippen molar-refractivity contribution >= 4 is 16.0 Å². The van der Waals surface area contributed by atoms with Gasteiger partial charge in [0.2, 0.25) is 10.0 Å². The maximum Gasteiger partial charge on any atom is 0.322 e. The van der Waals surface area contributed by atoms with E-state index in [0.717, 1.165) is 4.31 Å². The Bertz CT molecular complexity index is 295. The number of esters is 1. The summed E-state index contributed by atoms with van der Waals surface area (Å²) in [6.07, 6.45) is 0.627. The van der Waals surface area contributed by atoms with E-state index in [1.54, 1.807) is 6.92 Å². The molecule has 0 amide bonds. The SMILES string of the molecule is CCCN(CCO)S(=O)(=O)CC(=O)OCC. The van der Waals surface area contributed by atoms with E-state index in [4.69, 9.17) is 5.11 Å². The third kappa shape index (κ3) is 5.43. The van der Waals surface area contributed by atoms with Crippen LogP contribution in [0.15, 0.2) is 0 Å². The quantitative estimate of drug-likeness (QED) is 0.594. The minimum absolute atomic E-state index is 0.00950. The molecule has 96 valence electrons. The summed E-state index contributed by atoms with van der Waals surface area (Å²) in [6, 6.07) is 0. The van der Waals surface area contributed by atoms with Crippen LogP contribution in [0.2, 0.25) is 0 Å². The molecular weight excluding hydrogens is 234 g/mol. The molecule has 0 heterocycles. The molecule has 0 aliphatic heterocycles. The van der Waals surface area contributed by atoms with Crippen LogP contribution in [0.3, 0.4) is 0 Å². The van der Waals surface area contributed by atoms with Crippen LogP contribution in [0.4, 0.5) is 0 Å². The van der Waals surface area contributed by atoms with E-state index >= 15 is 0 Å². The van der Waals surface area contributed by atoms with Gasteiger partial charge in [0, 0.05) is 13.1 Å². The van der Waals surface area contributed by atoms with Gasteiger partial charge in [-0.25, -0.2) is 8.42 Å². The Morgan fingerprint density at radius 3 is 2.38 bits per heavy atom. The Morgan fingerprint density at radius 1 is 1.31 bits per heavy atom. The lowest BCUT2D eigenvalue weighted by Crippen LogP contribution is -2.38.